The van der Waals surface area contributed by atoms with E-state index < -0.39 is 0 Å². The third-order valence-electron chi connectivity index (χ3n) is 2.81. The van der Waals surface area contributed by atoms with E-state index in [9.17, 15) is 4.79 Å². The van der Waals surface area contributed by atoms with Crippen LogP contribution in [0.5, 0.6) is 0 Å². The van der Waals surface area contributed by atoms with E-state index in [4.69, 9.17) is 11.6 Å². The average molecular weight is 311 g/mol. The molecule has 0 fully saturated rings. The zero-order valence-electron chi connectivity index (χ0n) is 12.8. The Morgan fingerprint density at radius 1 is 1.24 bits per heavy atom. The molecule has 0 aliphatic carbocycles. The second-order valence-corrected chi connectivity index (χ2v) is 5.22. The molecular formula is C15H23ClN4O. The maximum Gasteiger partial charge on any atom is 0.223 e. The number of rotatable bonds is 6. The van der Waals surface area contributed by atoms with Crippen LogP contribution in [0.15, 0.2) is 29.3 Å². The summed E-state index contributed by atoms with van der Waals surface area (Å²) >= 11 is 5.85. The Labute approximate surface area is 131 Å². The van der Waals surface area contributed by atoms with Gasteiger partial charge in [-0.1, -0.05) is 23.7 Å². The first-order valence-electron chi connectivity index (χ1n) is 6.99. The molecule has 0 aliphatic rings. The van der Waals surface area contributed by atoms with Crippen LogP contribution in [0, 0.1) is 0 Å². The molecule has 0 saturated carbocycles. The van der Waals surface area contributed by atoms with Crippen molar-refractivity contribution in [2.75, 3.05) is 27.2 Å². The van der Waals surface area contributed by atoms with Crippen molar-refractivity contribution in [3.63, 3.8) is 0 Å². The fourth-order valence-corrected chi connectivity index (χ4v) is 1.74. The second kappa shape index (κ2) is 9.23. The average Bonchev–Trinajstić information content (AvgIpc) is 2.46. The van der Waals surface area contributed by atoms with Crippen molar-refractivity contribution >= 4 is 23.5 Å². The highest BCUT2D eigenvalue weighted by Gasteiger charge is 2.04. The topological polar surface area (TPSA) is 56.7 Å². The molecule has 0 heterocycles. The zero-order chi connectivity index (χ0) is 15.7. The Morgan fingerprint density at radius 2 is 1.90 bits per heavy atom. The number of nitrogens with one attached hydrogen (secondary N) is 2. The van der Waals surface area contributed by atoms with Crippen molar-refractivity contribution in [2.24, 2.45) is 4.99 Å². The van der Waals surface area contributed by atoms with Crippen LogP contribution >= 0.6 is 11.6 Å². The monoisotopic (exact) mass is 310 g/mol. The zero-order valence-corrected chi connectivity index (χ0v) is 13.6. The standard InChI is InChI=1S/C15H23ClN4O/c1-4-17-15(18-10-9-14(21)20(2)3)19-11-12-5-7-13(16)8-6-12/h5-8H,4,9-11H2,1-3H3,(H2,17,18,19). The summed E-state index contributed by atoms with van der Waals surface area (Å²) in [6.45, 7) is 3.90. The number of benzene rings is 1. The summed E-state index contributed by atoms with van der Waals surface area (Å²) in [6, 6.07) is 7.60. The molecule has 0 aliphatic heterocycles. The highest BCUT2D eigenvalue weighted by atomic mass is 35.5. The van der Waals surface area contributed by atoms with Crippen LogP contribution in [0.2, 0.25) is 5.02 Å². The van der Waals surface area contributed by atoms with Crippen LogP contribution in [0.4, 0.5) is 0 Å². The summed E-state index contributed by atoms with van der Waals surface area (Å²) in [6.07, 6.45) is 0.443. The first kappa shape index (κ1) is 17.3. The number of carbonyl (C=O) groups excluding carboxylic acids is 1. The molecule has 0 bridgehead atoms. The molecular weight excluding hydrogens is 288 g/mol. The van der Waals surface area contributed by atoms with E-state index in [0.717, 1.165) is 17.1 Å². The molecule has 1 amide bonds. The predicted molar refractivity (Wildman–Crippen MR) is 87.6 cm³/mol. The van der Waals surface area contributed by atoms with Gasteiger partial charge >= 0.3 is 0 Å². The summed E-state index contributed by atoms with van der Waals surface area (Å²) in [5.41, 5.74) is 1.08. The summed E-state index contributed by atoms with van der Waals surface area (Å²) in [5.74, 6) is 0.801. The summed E-state index contributed by atoms with van der Waals surface area (Å²) in [5, 5.41) is 7.03. The SMILES string of the molecule is CCNC(=NCc1ccc(Cl)cc1)NCCC(=O)N(C)C. The number of carbonyl (C=O) groups is 1. The van der Waals surface area contributed by atoms with Gasteiger partial charge in [-0.3, -0.25) is 4.79 Å². The van der Waals surface area contributed by atoms with Crippen molar-refractivity contribution < 1.29 is 4.79 Å². The van der Waals surface area contributed by atoms with Crippen LogP contribution in [0.3, 0.4) is 0 Å². The molecule has 0 unspecified atom stereocenters. The Bertz CT molecular complexity index is 471. The van der Waals surface area contributed by atoms with Crippen LogP contribution in [-0.4, -0.2) is 44.0 Å². The molecule has 21 heavy (non-hydrogen) atoms. The van der Waals surface area contributed by atoms with E-state index in [-0.39, 0.29) is 5.91 Å². The van der Waals surface area contributed by atoms with Crippen LogP contribution in [-0.2, 0) is 11.3 Å². The molecule has 1 rings (SSSR count). The minimum Gasteiger partial charge on any atom is -0.357 e. The molecule has 5 nitrogen and oxygen atoms in total. The maximum absolute atomic E-state index is 11.5. The van der Waals surface area contributed by atoms with Crippen molar-refractivity contribution in [3.05, 3.63) is 34.9 Å². The fourth-order valence-electron chi connectivity index (χ4n) is 1.61. The predicted octanol–water partition coefficient (Wildman–Crippen LogP) is 1.87. The van der Waals surface area contributed by atoms with E-state index in [1.807, 2.05) is 31.2 Å². The van der Waals surface area contributed by atoms with Gasteiger partial charge < -0.3 is 15.5 Å². The minimum absolute atomic E-state index is 0.0936. The quantitative estimate of drug-likeness (QED) is 0.623. The van der Waals surface area contributed by atoms with Crippen molar-refractivity contribution in [1.29, 1.82) is 0 Å². The first-order valence-corrected chi connectivity index (χ1v) is 7.37. The normalized spacial score (nSPS) is 11.1. The van der Waals surface area contributed by atoms with Crippen LogP contribution < -0.4 is 10.6 Å². The first-order chi connectivity index (χ1) is 10.0. The summed E-state index contributed by atoms with van der Waals surface area (Å²) in [4.78, 5) is 17.6. The van der Waals surface area contributed by atoms with Gasteiger partial charge in [0.25, 0.3) is 0 Å². The van der Waals surface area contributed by atoms with E-state index in [0.29, 0.717) is 25.5 Å². The summed E-state index contributed by atoms with van der Waals surface area (Å²) in [7, 11) is 3.50. The number of amides is 1. The molecule has 0 radical (unpaired) electrons. The lowest BCUT2D eigenvalue weighted by molar-refractivity contribution is -0.128. The Balaban J connectivity index is 2.49. The van der Waals surface area contributed by atoms with Gasteiger partial charge in [0, 0.05) is 38.6 Å². The van der Waals surface area contributed by atoms with Gasteiger partial charge in [0.1, 0.15) is 0 Å². The highest BCUT2D eigenvalue weighted by Crippen LogP contribution is 2.10. The molecule has 1 aromatic rings. The van der Waals surface area contributed by atoms with E-state index in [1.54, 1.807) is 19.0 Å². The molecule has 0 aromatic heterocycles. The fraction of sp³-hybridized carbons (Fsp3) is 0.467. The molecule has 1 aromatic carbocycles. The third-order valence-corrected chi connectivity index (χ3v) is 3.06. The maximum atomic E-state index is 11.5. The van der Waals surface area contributed by atoms with E-state index in [1.165, 1.54) is 0 Å². The largest absolute Gasteiger partial charge is 0.357 e. The molecule has 0 spiro atoms. The van der Waals surface area contributed by atoms with Crippen LogP contribution in [0.25, 0.3) is 0 Å². The van der Waals surface area contributed by atoms with Crippen LogP contribution in [0.1, 0.15) is 18.9 Å². The van der Waals surface area contributed by atoms with Gasteiger partial charge in [0.15, 0.2) is 5.96 Å². The lowest BCUT2D eigenvalue weighted by atomic mass is 10.2. The van der Waals surface area contributed by atoms with Gasteiger partial charge in [0.2, 0.25) is 5.91 Å². The Kier molecular flexibility index (Phi) is 7.61. The van der Waals surface area contributed by atoms with Crippen molar-refractivity contribution in [1.82, 2.24) is 15.5 Å². The number of nitrogens with zero attached hydrogens (tertiary/aromatic N) is 2. The number of aliphatic imine (C=N–C) groups is 1. The van der Waals surface area contributed by atoms with Gasteiger partial charge in [-0.25, -0.2) is 4.99 Å². The van der Waals surface area contributed by atoms with Crippen molar-refractivity contribution in [3.8, 4) is 0 Å². The number of guanidine groups is 1. The van der Waals surface area contributed by atoms with E-state index >= 15 is 0 Å². The van der Waals surface area contributed by atoms with Gasteiger partial charge in [-0.2, -0.15) is 0 Å². The molecule has 2 N–H and O–H groups in total. The summed E-state index contributed by atoms with van der Waals surface area (Å²) < 4.78 is 0. The highest BCUT2D eigenvalue weighted by molar-refractivity contribution is 6.30. The molecule has 116 valence electrons. The molecule has 6 heteroatoms. The second-order valence-electron chi connectivity index (χ2n) is 4.79. The van der Waals surface area contributed by atoms with Gasteiger partial charge in [0.05, 0.1) is 6.54 Å². The number of hydrogen-bond acceptors (Lipinski definition) is 2. The van der Waals surface area contributed by atoms with E-state index in [2.05, 4.69) is 15.6 Å². The smallest absolute Gasteiger partial charge is 0.223 e. The van der Waals surface area contributed by atoms with Crippen molar-refractivity contribution in [2.45, 2.75) is 19.9 Å². The molecule has 0 atom stereocenters. The third kappa shape index (κ3) is 6.99. The number of halogens is 1. The Morgan fingerprint density at radius 3 is 2.48 bits per heavy atom. The Hall–Kier alpha value is -1.75. The lowest BCUT2D eigenvalue weighted by Crippen LogP contribution is -2.39. The minimum atomic E-state index is 0.0936. The van der Waals surface area contributed by atoms with Gasteiger partial charge in [-0.05, 0) is 24.6 Å². The number of hydrogen-bond donors (Lipinski definition) is 2. The molecule has 0 saturated heterocycles. The lowest BCUT2D eigenvalue weighted by Gasteiger charge is -2.13. The van der Waals surface area contributed by atoms with Gasteiger partial charge in [-0.15, -0.1) is 0 Å².